The largest absolute Gasteiger partial charge is 0.330 e. The lowest BCUT2D eigenvalue weighted by Crippen LogP contribution is -2.36. The van der Waals surface area contributed by atoms with E-state index in [0.717, 1.165) is 15.3 Å². The SMILES string of the molecule is CN(C)C(=O)N(C)c1nc2cc(C(C)(C)C)ccc2s1. The molecule has 0 spiro atoms. The van der Waals surface area contributed by atoms with Crippen LogP contribution in [-0.2, 0) is 5.41 Å². The standard InChI is InChI=1S/C15H21N3OS/c1-15(2,3)10-7-8-12-11(9-10)16-13(20-12)18(6)14(19)17(4)5/h7-9H,1-6H3. The predicted octanol–water partition coefficient (Wildman–Crippen LogP) is 3.71. The summed E-state index contributed by atoms with van der Waals surface area (Å²) in [6.45, 7) is 6.55. The van der Waals surface area contributed by atoms with Gasteiger partial charge in [-0.2, -0.15) is 0 Å². The fourth-order valence-corrected chi connectivity index (χ4v) is 2.81. The molecular weight excluding hydrogens is 270 g/mol. The van der Waals surface area contributed by atoms with Gasteiger partial charge in [0.15, 0.2) is 5.13 Å². The number of carbonyl (C=O) groups excluding carboxylic acids is 1. The number of urea groups is 1. The minimum Gasteiger partial charge on any atom is -0.330 e. The Labute approximate surface area is 124 Å². The highest BCUT2D eigenvalue weighted by Crippen LogP contribution is 2.32. The van der Waals surface area contributed by atoms with Gasteiger partial charge in [0.05, 0.1) is 10.2 Å². The van der Waals surface area contributed by atoms with Crippen molar-refractivity contribution in [2.24, 2.45) is 0 Å². The maximum absolute atomic E-state index is 12.0. The molecule has 5 heteroatoms. The summed E-state index contributed by atoms with van der Waals surface area (Å²) in [5.41, 5.74) is 2.31. The summed E-state index contributed by atoms with van der Waals surface area (Å²) in [5.74, 6) is 0. The number of fused-ring (bicyclic) bond motifs is 1. The molecule has 0 fully saturated rings. The first kappa shape index (κ1) is 14.8. The lowest BCUT2D eigenvalue weighted by atomic mass is 9.87. The van der Waals surface area contributed by atoms with Crippen molar-refractivity contribution in [1.29, 1.82) is 0 Å². The summed E-state index contributed by atoms with van der Waals surface area (Å²) in [5, 5.41) is 0.727. The van der Waals surface area contributed by atoms with E-state index in [1.165, 1.54) is 16.9 Å². The van der Waals surface area contributed by atoms with Gasteiger partial charge in [0.25, 0.3) is 0 Å². The van der Waals surface area contributed by atoms with Crippen LogP contribution in [0.25, 0.3) is 10.2 Å². The number of anilines is 1. The van der Waals surface area contributed by atoms with E-state index in [0.29, 0.717) is 0 Å². The highest BCUT2D eigenvalue weighted by molar-refractivity contribution is 7.22. The predicted molar refractivity (Wildman–Crippen MR) is 85.8 cm³/mol. The average Bonchev–Trinajstić information content (AvgIpc) is 2.78. The van der Waals surface area contributed by atoms with Crippen LogP contribution in [0.3, 0.4) is 0 Å². The van der Waals surface area contributed by atoms with Gasteiger partial charge in [0.1, 0.15) is 0 Å². The summed E-state index contributed by atoms with van der Waals surface area (Å²) in [6.07, 6.45) is 0. The van der Waals surface area contributed by atoms with E-state index < -0.39 is 0 Å². The molecule has 1 heterocycles. The first-order valence-electron chi connectivity index (χ1n) is 6.56. The maximum atomic E-state index is 12.0. The van der Waals surface area contributed by atoms with Crippen LogP contribution in [-0.4, -0.2) is 37.1 Å². The van der Waals surface area contributed by atoms with E-state index in [1.807, 2.05) is 0 Å². The van der Waals surface area contributed by atoms with Gasteiger partial charge in [-0.1, -0.05) is 38.2 Å². The highest BCUT2D eigenvalue weighted by Gasteiger charge is 2.19. The van der Waals surface area contributed by atoms with Gasteiger partial charge in [-0.25, -0.2) is 9.78 Å². The van der Waals surface area contributed by atoms with Gasteiger partial charge in [-0.3, -0.25) is 4.90 Å². The Morgan fingerprint density at radius 2 is 1.85 bits per heavy atom. The smallest absolute Gasteiger partial charge is 0.325 e. The number of aromatic nitrogens is 1. The topological polar surface area (TPSA) is 36.4 Å². The van der Waals surface area contributed by atoms with Crippen molar-refractivity contribution in [3.63, 3.8) is 0 Å². The van der Waals surface area contributed by atoms with Crippen LogP contribution in [0.5, 0.6) is 0 Å². The van der Waals surface area contributed by atoms with Gasteiger partial charge in [0, 0.05) is 21.1 Å². The number of benzene rings is 1. The molecule has 0 aliphatic rings. The second kappa shape index (κ2) is 5.05. The molecule has 1 aromatic heterocycles. The Balaban J connectivity index is 2.42. The number of hydrogen-bond donors (Lipinski definition) is 0. The third-order valence-corrected chi connectivity index (χ3v) is 4.31. The van der Waals surface area contributed by atoms with E-state index in [9.17, 15) is 4.79 Å². The average molecular weight is 291 g/mol. The fourth-order valence-electron chi connectivity index (χ4n) is 1.91. The Kier molecular flexibility index (Phi) is 3.73. The molecule has 0 saturated carbocycles. The van der Waals surface area contributed by atoms with E-state index in [4.69, 9.17) is 0 Å². The number of hydrogen-bond acceptors (Lipinski definition) is 3. The molecule has 0 N–H and O–H groups in total. The molecule has 1 aromatic carbocycles. The molecule has 0 aliphatic carbocycles. The fraction of sp³-hybridized carbons (Fsp3) is 0.467. The molecule has 0 saturated heterocycles. The van der Waals surface area contributed by atoms with Crippen LogP contribution >= 0.6 is 11.3 Å². The minimum absolute atomic E-state index is 0.0694. The van der Waals surface area contributed by atoms with Crippen LogP contribution in [0.1, 0.15) is 26.3 Å². The van der Waals surface area contributed by atoms with Crippen molar-refractivity contribution < 1.29 is 4.79 Å². The molecule has 0 bridgehead atoms. The zero-order valence-corrected chi connectivity index (χ0v) is 13.7. The lowest BCUT2D eigenvalue weighted by molar-refractivity contribution is 0.225. The van der Waals surface area contributed by atoms with E-state index in [1.54, 1.807) is 30.9 Å². The zero-order chi connectivity index (χ0) is 15.1. The molecule has 2 amide bonds. The normalized spacial score (nSPS) is 11.7. The molecule has 0 atom stereocenters. The van der Waals surface area contributed by atoms with Crippen molar-refractivity contribution in [3.8, 4) is 0 Å². The summed E-state index contributed by atoms with van der Waals surface area (Å²) < 4.78 is 1.10. The van der Waals surface area contributed by atoms with Gasteiger partial charge >= 0.3 is 6.03 Å². The highest BCUT2D eigenvalue weighted by atomic mass is 32.1. The molecule has 20 heavy (non-hydrogen) atoms. The number of thiazole rings is 1. The summed E-state index contributed by atoms with van der Waals surface area (Å²) in [4.78, 5) is 19.7. The van der Waals surface area contributed by atoms with Crippen LogP contribution in [0, 0.1) is 0 Å². The first-order chi connectivity index (χ1) is 9.20. The van der Waals surface area contributed by atoms with E-state index >= 15 is 0 Å². The number of carbonyl (C=O) groups is 1. The van der Waals surface area contributed by atoms with Gasteiger partial charge < -0.3 is 4.90 Å². The number of nitrogens with zero attached hydrogens (tertiary/aromatic N) is 3. The third kappa shape index (κ3) is 2.77. The van der Waals surface area contributed by atoms with Gasteiger partial charge in [-0.05, 0) is 23.1 Å². The van der Waals surface area contributed by atoms with Crippen molar-refractivity contribution in [2.75, 3.05) is 26.0 Å². The Hall–Kier alpha value is -1.62. The van der Waals surface area contributed by atoms with Crippen molar-refractivity contribution in [2.45, 2.75) is 26.2 Å². The first-order valence-corrected chi connectivity index (χ1v) is 7.38. The Morgan fingerprint density at radius 1 is 1.20 bits per heavy atom. The minimum atomic E-state index is -0.0694. The van der Waals surface area contributed by atoms with Crippen LogP contribution in [0.15, 0.2) is 18.2 Å². The molecule has 0 aliphatic heterocycles. The molecule has 2 rings (SSSR count). The summed E-state index contributed by atoms with van der Waals surface area (Å²) >= 11 is 1.54. The maximum Gasteiger partial charge on any atom is 0.325 e. The number of amides is 2. The van der Waals surface area contributed by atoms with Gasteiger partial charge in [-0.15, -0.1) is 0 Å². The quantitative estimate of drug-likeness (QED) is 0.803. The molecule has 2 aromatic rings. The Morgan fingerprint density at radius 3 is 2.40 bits per heavy atom. The van der Waals surface area contributed by atoms with Crippen molar-refractivity contribution in [1.82, 2.24) is 9.88 Å². The van der Waals surface area contributed by atoms with Gasteiger partial charge in [0.2, 0.25) is 0 Å². The summed E-state index contributed by atoms with van der Waals surface area (Å²) in [7, 11) is 5.23. The van der Waals surface area contributed by atoms with Crippen LogP contribution < -0.4 is 4.90 Å². The van der Waals surface area contributed by atoms with Crippen molar-refractivity contribution >= 4 is 32.7 Å². The van der Waals surface area contributed by atoms with Crippen LogP contribution in [0.4, 0.5) is 9.93 Å². The number of rotatable bonds is 1. The Bertz CT molecular complexity index is 640. The van der Waals surface area contributed by atoms with E-state index in [-0.39, 0.29) is 11.4 Å². The summed E-state index contributed by atoms with van der Waals surface area (Å²) in [6, 6.07) is 6.27. The van der Waals surface area contributed by atoms with E-state index in [2.05, 4.69) is 44.0 Å². The second-order valence-electron chi connectivity index (χ2n) is 6.16. The molecule has 4 nitrogen and oxygen atoms in total. The third-order valence-electron chi connectivity index (χ3n) is 3.20. The molecule has 108 valence electrons. The van der Waals surface area contributed by atoms with Crippen LogP contribution in [0.2, 0.25) is 0 Å². The van der Waals surface area contributed by atoms with Crippen molar-refractivity contribution in [3.05, 3.63) is 23.8 Å². The second-order valence-corrected chi connectivity index (χ2v) is 7.17. The molecule has 0 radical (unpaired) electrons. The molecule has 0 unspecified atom stereocenters. The zero-order valence-electron chi connectivity index (χ0n) is 12.9. The monoisotopic (exact) mass is 291 g/mol. The lowest BCUT2D eigenvalue weighted by Gasteiger charge is -2.18. The molecular formula is C15H21N3OS.